The molecule has 0 spiro atoms. The van der Waals surface area contributed by atoms with Crippen LogP contribution < -0.4 is 10.4 Å². The average molecular weight is 737 g/mol. The van der Waals surface area contributed by atoms with Gasteiger partial charge in [-0.3, -0.25) is 0 Å². The van der Waals surface area contributed by atoms with Crippen LogP contribution in [0, 0.1) is 0 Å². The summed E-state index contributed by atoms with van der Waals surface area (Å²) in [6.07, 6.45) is 0. The van der Waals surface area contributed by atoms with Crippen LogP contribution in [0.5, 0.6) is 0 Å². The Balaban J connectivity index is 2.06. The van der Waals surface area contributed by atoms with Crippen molar-refractivity contribution in [2.75, 3.05) is 0 Å². The average Bonchev–Trinajstić information content (AvgIpc) is 2.81. The molecule has 0 N–H and O–H groups in total. The second-order valence-corrected chi connectivity index (χ2v) is 27.6. The SMILES string of the molecule is Sc1cc2ccc3ccc4c(Cl)c(Cl)c5c(Cl)c(Cl)c6c([Si](Cl)(Cl)Cl)c([Si](Cl)(Cl)Cl)c1c1c2c3c4c5c61. The zero-order valence-corrected chi connectivity index (χ0v) is 28.1. The van der Waals surface area contributed by atoms with E-state index in [-0.39, 0.29) is 15.1 Å². The van der Waals surface area contributed by atoms with Gasteiger partial charge in [-0.2, -0.15) is 0 Å². The second kappa shape index (κ2) is 8.32. The molecule has 0 aliphatic carbocycles. The first-order chi connectivity index (χ1) is 17.2. The highest BCUT2D eigenvalue weighted by Gasteiger charge is 2.45. The van der Waals surface area contributed by atoms with Gasteiger partial charge in [-0.15, -0.1) is 79.1 Å². The Hall–Kier alpha value is 0.564. The highest BCUT2D eigenvalue weighted by atomic mass is 35.8. The molecule has 0 amide bonds. The predicted molar refractivity (Wildman–Crippen MR) is 178 cm³/mol. The second-order valence-electron chi connectivity index (χ2n) is 8.90. The van der Waals surface area contributed by atoms with Crippen LogP contribution in [0.1, 0.15) is 0 Å². The first-order valence-corrected chi connectivity index (χ1v) is 22.5. The van der Waals surface area contributed by atoms with Gasteiger partial charge in [-0.25, -0.2) is 0 Å². The molecule has 0 aliphatic rings. The molecule has 186 valence electrons. The van der Waals surface area contributed by atoms with Gasteiger partial charge in [-0.1, -0.05) is 70.7 Å². The minimum Gasteiger partial charge on any atom is -0.143 e. The molecule has 0 unspecified atom stereocenters. The molecule has 0 bridgehead atoms. The van der Waals surface area contributed by atoms with Gasteiger partial charge in [0.2, 0.25) is 0 Å². The Morgan fingerprint density at radius 2 is 0.919 bits per heavy atom. The van der Waals surface area contributed by atoms with E-state index in [9.17, 15) is 0 Å². The fourth-order valence-electron chi connectivity index (χ4n) is 5.92. The number of thiol groups is 1. The number of rotatable bonds is 2. The van der Waals surface area contributed by atoms with Gasteiger partial charge >= 0.3 is 12.0 Å². The standard InChI is InChI=1S/C24H6Cl10SSi2/c25-19-8-4-3-6-1-2-7-5-9(35)13-14-11(7)10(6)12(8)15-16(14)18(22(28)21(27)17(15)20(19)26)24(37(32,33)34)23(13)36(29,30)31/h1-5,35H. The van der Waals surface area contributed by atoms with E-state index in [1.807, 2.05) is 24.3 Å². The van der Waals surface area contributed by atoms with Crippen molar-refractivity contribution < 1.29 is 0 Å². The topological polar surface area (TPSA) is 0 Å². The van der Waals surface area contributed by atoms with E-state index in [4.69, 9.17) is 126 Å². The van der Waals surface area contributed by atoms with E-state index in [1.54, 1.807) is 0 Å². The quantitative estimate of drug-likeness (QED) is 0.0590. The van der Waals surface area contributed by atoms with Crippen LogP contribution >= 0.6 is 126 Å². The molecule has 0 saturated carbocycles. The van der Waals surface area contributed by atoms with Crippen molar-refractivity contribution >= 4 is 213 Å². The van der Waals surface area contributed by atoms with Crippen LogP contribution in [0.15, 0.2) is 35.2 Å². The molecule has 0 aliphatic heterocycles. The number of hydrogen-bond donors (Lipinski definition) is 1. The van der Waals surface area contributed by atoms with Crippen molar-refractivity contribution in [1.82, 2.24) is 0 Å². The molecule has 13 heteroatoms. The van der Waals surface area contributed by atoms with Crippen LogP contribution in [0.3, 0.4) is 0 Å². The maximum Gasteiger partial charge on any atom is 0.373 e. The number of benzene rings is 7. The zero-order chi connectivity index (χ0) is 26.5. The molecular formula is C24H6Cl10SSi2. The van der Waals surface area contributed by atoms with Crippen molar-refractivity contribution in [2.45, 2.75) is 4.90 Å². The summed E-state index contributed by atoms with van der Waals surface area (Å²) in [6.45, 7) is 0. The lowest BCUT2D eigenvalue weighted by atomic mass is 9.82. The summed E-state index contributed by atoms with van der Waals surface area (Å²) < 4.78 is 0. The molecule has 37 heavy (non-hydrogen) atoms. The normalized spacial score (nSPS) is 13.8. The lowest BCUT2D eigenvalue weighted by molar-refractivity contribution is 1.64. The first kappa shape index (κ1) is 26.5. The van der Waals surface area contributed by atoms with Gasteiger partial charge in [0, 0.05) is 37.2 Å². The third-order valence-corrected chi connectivity index (χ3v) is 15.0. The highest BCUT2D eigenvalue weighted by molar-refractivity contribution is 7.80. The van der Waals surface area contributed by atoms with Gasteiger partial charge in [0.25, 0.3) is 0 Å². The van der Waals surface area contributed by atoms with Crippen LogP contribution in [0.4, 0.5) is 0 Å². The van der Waals surface area contributed by atoms with Crippen LogP contribution in [0.25, 0.3) is 64.6 Å². The molecule has 0 nitrogen and oxygen atoms in total. The van der Waals surface area contributed by atoms with Gasteiger partial charge < -0.3 is 0 Å². The maximum absolute atomic E-state index is 7.02. The van der Waals surface area contributed by atoms with Crippen molar-refractivity contribution in [3.63, 3.8) is 0 Å². The molecule has 0 fully saturated rings. The molecule has 7 aromatic carbocycles. The largest absolute Gasteiger partial charge is 0.373 e. The Labute approximate surface area is 265 Å². The minimum absolute atomic E-state index is 0.158. The van der Waals surface area contributed by atoms with E-state index in [0.717, 1.165) is 48.5 Å². The summed E-state index contributed by atoms with van der Waals surface area (Å²) in [4.78, 5) is 0.594. The highest BCUT2D eigenvalue weighted by Crippen LogP contribution is 2.56. The Kier molecular flexibility index (Phi) is 5.95. The zero-order valence-electron chi connectivity index (χ0n) is 17.6. The van der Waals surface area contributed by atoms with Crippen LogP contribution in [-0.4, -0.2) is 12.0 Å². The molecule has 7 aromatic rings. The lowest BCUT2D eigenvalue weighted by Gasteiger charge is -2.30. The third-order valence-electron chi connectivity index (χ3n) is 7.11. The Morgan fingerprint density at radius 1 is 0.459 bits per heavy atom. The van der Waals surface area contributed by atoms with Crippen molar-refractivity contribution in [3.05, 3.63) is 50.4 Å². The molecule has 7 rings (SSSR count). The molecule has 0 heterocycles. The Morgan fingerprint density at radius 3 is 1.57 bits per heavy atom. The third kappa shape index (κ3) is 3.33. The summed E-state index contributed by atoms with van der Waals surface area (Å²) in [6, 6.07) is 2.50. The molecule has 0 aromatic heterocycles. The number of hydrogen-bond acceptors (Lipinski definition) is 1. The predicted octanol–water partition coefficient (Wildman–Crippen LogP) is 11.5. The smallest absolute Gasteiger partial charge is 0.143 e. The van der Waals surface area contributed by atoms with E-state index >= 15 is 0 Å². The van der Waals surface area contributed by atoms with Gasteiger partial charge in [0.1, 0.15) is 0 Å². The summed E-state index contributed by atoms with van der Waals surface area (Å²) in [7, 11) is 0. The van der Waals surface area contributed by atoms with E-state index < -0.39 is 12.0 Å². The summed E-state index contributed by atoms with van der Waals surface area (Å²) in [5.74, 6) is 0. The van der Waals surface area contributed by atoms with E-state index in [0.29, 0.717) is 36.5 Å². The van der Waals surface area contributed by atoms with Crippen molar-refractivity contribution in [1.29, 1.82) is 0 Å². The summed E-state index contributed by atoms with van der Waals surface area (Å²) >= 11 is 73.1. The lowest BCUT2D eigenvalue weighted by Crippen LogP contribution is -2.51. The summed E-state index contributed by atoms with van der Waals surface area (Å²) in [5.41, 5.74) is 0. The first-order valence-electron chi connectivity index (χ1n) is 10.5. The maximum atomic E-state index is 7.02. The van der Waals surface area contributed by atoms with Gasteiger partial charge in [-0.05, 0) is 48.8 Å². The molecule has 0 atom stereocenters. The van der Waals surface area contributed by atoms with Crippen LogP contribution in [0.2, 0.25) is 20.1 Å². The minimum atomic E-state index is -3.77. The fourth-order valence-corrected chi connectivity index (χ4v) is 15.5. The molecular weight excluding hydrogens is 731 g/mol. The van der Waals surface area contributed by atoms with Crippen LogP contribution in [-0.2, 0) is 0 Å². The Bertz CT molecular complexity index is 2110. The fraction of sp³-hybridized carbons (Fsp3) is 0. The van der Waals surface area contributed by atoms with Crippen molar-refractivity contribution in [2.24, 2.45) is 0 Å². The van der Waals surface area contributed by atoms with Gasteiger partial charge in [0.05, 0.1) is 20.1 Å². The molecule has 0 saturated heterocycles. The van der Waals surface area contributed by atoms with Gasteiger partial charge in [0.15, 0.2) is 0 Å². The summed E-state index contributed by atoms with van der Waals surface area (Å²) in [5, 5.41) is 11.2. The van der Waals surface area contributed by atoms with E-state index in [2.05, 4.69) is 6.07 Å². The van der Waals surface area contributed by atoms with E-state index in [1.165, 1.54) is 0 Å². The monoisotopic (exact) mass is 732 g/mol. The molecule has 0 radical (unpaired) electrons. The van der Waals surface area contributed by atoms with Crippen molar-refractivity contribution in [3.8, 4) is 0 Å². The number of halogens is 10.